The van der Waals surface area contributed by atoms with Crippen molar-refractivity contribution in [3.05, 3.63) is 46.1 Å². The first kappa shape index (κ1) is 11.9. The maximum atomic E-state index is 5.89. The van der Waals surface area contributed by atoms with Crippen molar-refractivity contribution in [3.63, 3.8) is 0 Å². The van der Waals surface area contributed by atoms with Crippen LogP contribution in [0.15, 0.2) is 34.8 Å². The van der Waals surface area contributed by atoms with Gasteiger partial charge in [-0.1, -0.05) is 22.0 Å². The maximum absolute atomic E-state index is 5.89. The number of hydrogen-bond donors (Lipinski definition) is 2. The molecule has 3 N–H and O–H groups in total. The quantitative estimate of drug-likeness (QED) is 0.885. The molecule has 0 amide bonds. The van der Waals surface area contributed by atoms with E-state index in [1.54, 1.807) is 0 Å². The van der Waals surface area contributed by atoms with E-state index >= 15 is 0 Å². The zero-order valence-corrected chi connectivity index (χ0v) is 11.4. The van der Waals surface area contributed by atoms with Gasteiger partial charge in [-0.25, -0.2) is 4.98 Å². The Morgan fingerprint density at radius 1 is 1.18 bits per heavy atom. The summed E-state index contributed by atoms with van der Waals surface area (Å²) in [6.07, 6.45) is 0. The van der Waals surface area contributed by atoms with Crippen molar-refractivity contribution >= 4 is 33.1 Å². The van der Waals surface area contributed by atoms with Gasteiger partial charge < -0.3 is 11.1 Å². The first-order chi connectivity index (χ1) is 8.06. The van der Waals surface area contributed by atoms with E-state index in [0.29, 0.717) is 11.5 Å². The Labute approximate surface area is 109 Å². The molecule has 0 saturated carbocycles. The highest BCUT2D eigenvalue weighted by atomic mass is 79.9. The second-order valence-electron chi connectivity index (χ2n) is 3.97. The number of nitrogens with two attached hydrogens (primary N) is 1. The van der Waals surface area contributed by atoms with Crippen LogP contribution < -0.4 is 11.1 Å². The Kier molecular flexibility index (Phi) is 3.33. The average Bonchev–Trinajstić information content (AvgIpc) is 2.28. The van der Waals surface area contributed by atoms with E-state index in [9.17, 15) is 0 Å². The topological polar surface area (TPSA) is 50.9 Å². The van der Waals surface area contributed by atoms with E-state index in [0.717, 1.165) is 21.4 Å². The summed E-state index contributed by atoms with van der Waals surface area (Å²) < 4.78 is 1.02. The fourth-order valence-corrected chi connectivity index (χ4v) is 1.89. The standard InChI is InChI=1S/C13H14BrN3/c1-8-3-5-10(14)7-12(8)17-13-11(15)6-4-9(2)16-13/h3-7H,15H2,1-2H3,(H,16,17). The number of nitrogens with zero attached hydrogens (tertiary/aromatic N) is 1. The lowest BCUT2D eigenvalue weighted by molar-refractivity contribution is 1.20. The molecule has 0 fully saturated rings. The van der Waals surface area contributed by atoms with Gasteiger partial charge in [0.25, 0.3) is 0 Å². The number of nitrogen functional groups attached to an aromatic ring is 1. The molecule has 0 saturated heterocycles. The van der Waals surface area contributed by atoms with Gasteiger partial charge in [-0.05, 0) is 43.7 Å². The molecule has 0 aliphatic rings. The summed E-state index contributed by atoms with van der Waals surface area (Å²) in [5.74, 6) is 0.700. The summed E-state index contributed by atoms with van der Waals surface area (Å²) in [5.41, 5.74) is 9.63. The molecule has 0 bridgehead atoms. The van der Waals surface area contributed by atoms with Gasteiger partial charge in [-0.3, -0.25) is 0 Å². The summed E-state index contributed by atoms with van der Waals surface area (Å²) in [7, 11) is 0. The number of nitrogens with one attached hydrogen (secondary N) is 1. The van der Waals surface area contributed by atoms with Crippen molar-refractivity contribution in [1.82, 2.24) is 4.98 Å². The van der Waals surface area contributed by atoms with Crippen molar-refractivity contribution in [2.24, 2.45) is 0 Å². The van der Waals surface area contributed by atoms with Gasteiger partial charge in [0.15, 0.2) is 5.82 Å². The maximum Gasteiger partial charge on any atom is 0.153 e. The number of pyridine rings is 1. The predicted octanol–water partition coefficient (Wildman–Crippen LogP) is 3.79. The summed E-state index contributed by atoms with van der Waals surface area (Å²) >= 11 is 3.45. The number of hydrogen-bond acceptors (Lipinski definition) is 3. The molecule has 2 rings (SSSR count). The molecule has 4 heteroatoms. The van der Waals surface area contributed by atoms with Crippen LogP contribution in [0.1, 0.15) is 11.3 Å². The first-order valence-electron chi connectivity index (χ1n) is 5.32. The van der Waals surface area contributed by atoms with Gasteiger partial charge >= 0.3 is 0 Å². The van der Waals surface area contributed by atoms with Crippen LogP contribution in [0.25, 0.3) is 0 Å². The Morgan fingerprint density at radius 2 is 1.94 bits per heavy atom. The summed E-state index contributed by atoms with van der Waals surface area (Å²) in [6, 6.07) is 9.82. The van der Waals surface area contributed by atoms with Crippen molar-refractivity contribution in [2.45, 2.75) is 13.8 Å². The lowest BCUT2D eigenvalue weighted by Gasteiger charge is -2.11. The summed E-state index contributed by atoms with van der Waals surface area (Å²) in [5, 5.41) is 3.26. The van der Waals surface area contributed by atoms with E-state index in [1.165, 1.54) is 0 Å². The van der Waals surface area contributed by atoms with Gasteiger partial charge in [0, 0.05) is 15.9 Å². The molecule has 1 aromatic heterocycles. The monoisotopic (exact) mass is 291 g/mol. The number of anilines is 3. The Hall–Kier alpha value is -1.55. The number of rotatable bonds is 2. The molecule has 0 unspecified atom stereocenters. The van der Waals surface area contributed by atoms with Crippen LogP contribution >= 0.6 is 15.9 Å². The lowest BCUT2D eigenvalue weighted by Crippen LogP contribution is -2.01. The number of halogens is 1. The van der Waals surface area contributed by atoms with Crippen LogP contribution in [0.4, 0.5) is 17.2 Å². The van der Waals surface area contributed by atoms with Gasteiger partial charge in [0.2, 0.25) is 0 Å². The first-order valence-corrected chi connectivity index (χ1v) is 6.12. The molecule has 0 spiro atoms. The van der Waals surface area contributed by atoms with Crippen LogP contribution in [0.3, 0.4) is 0 Å². The third-order valence-electron chi connectivity index (χ3n) is 2.52. The zero-order chi connectivity index (χ0) is 12.4. The predicted molar refractivity (Wildman–Crippen MR) is 75.5 cm³/mol. The third-order valence-corrected chi connectivity index (χ3v) is 3.01. The van der Waals surface area contributed by atoms with Crippen LogP contribution in [0.2, 0.25) is 0 Å². The lowest BCUT2D eigenvalue weighted by atomic mass is 10.2. The molecule has 0 aliphatic carbocycles. The van der Waals surface area contributed by atoms with Crippen molar-refractivity contribution < 1.29 is 0 Å². The van der Waals surface area contributed by atoms with Gasteiger partial charge in [0.05, 0.1) is 5.69 Å². The van der Waals surface area contributed by atoms with E-state index in [2.05, 4.69) is 26.2 Å². The minimum atomic E-state index is 0.648. The largest absolute Gasteiger partial charge is 0.396 e. The van der Waals surface area contributed by atoms with Gasteiger partial charge in [-0.15, -0.1) is 0 Å². The average molecular weight is 292 g/mol. The van der Waals surface area contributed by atoms with Crippen LogP contribution in [0, 0.1) is 13.8 Å². The number of benzene rings is 1. The molecule has 88 valence electrons. The van der Waals surface area contributed by atoms with Gasteiger partial charge in [-0.2, -0.15) is 0 Å². The highest BCUT2D eigenvalue weighted by Gasteiger charge is 2.04. The minimum absolute atomic E-state index is 0.648. The van der Waals surface area contributed by atoms with Crippen LogP contribution in [0.5, 0.6) is 0 Å². The molecule has 0 atom stereocenters. The van der Waals surface area contributed by atoms with E-state index < -0.39 is 0 Å². The fourth-order valence-electron chi connectivity index (χ4n) is 1.52. The SMILES string of the molecule is Cc1ccc(N)c(Nc2cc(Br)ccc2C)n1. The molecule has 17 heavy (non-hydrogen) atoms. The van der Waals surface area contributed by atoms with Crippen LogP contribution in [-0.2, 0) is 0 Å². The normalized spacial score (nSPS) is 10.3. The molecule has 1 aromatic carbocycles. The highest BCUT2D eigenvalue weighted by Crippen LogP contribution is 2.26. The molecular formula is C13H14BrN3. The second kappa shape index (κ2) is 4.75. The van der Waals surface area contributed by atoms with Crippen molar-refractivity contribution in [2.75, 3.05) is 11.1 Å². The highest BCUT2D eigenvalue weighted by molar-refractivity contribution is 9.10. The third kappa shape index (κ3) is 2.77. The number of aryl methyl sites for hydroxylation is 2. The Balaban J connectivity index is 2.37. The molecule has 2 aromatic rings. The van der Waals surface area contributed by atoms with Gasteiger partial charge in [0.1, 0.15) is 0 Å². The van der Waals surface area contributed by atoms with Crippen molar-refractivity contribution in [3.8, 4) is 0 Å². The Bertz CT molecular complexity index is 503. The van der Waals surface area contributed by atoms with Crippen LogP contribution in [-0.4, -0.2) is 4.98 Å². The van der Waals surface area contributed by atoms with E-state index in [1.807, 2.05) is 44.2 Å². The minimum Gasteiger partial charge on any atom is -0.396 e. The zero-order valence-electron chi connectivity index (χ0n) is 9.79. The van der Waals surface area contributed by atoms with E-state index in [4.69, 9.17) is 5.73 Å². The summed E-state index contributed by atoms with van der Waals surface area (Å²) in [4.78, 5) is 4.39. The van der Waals surface area contributed by atoms with Crippen molar-refractivity contribution in [1.29, 1.82) is 0 Å². The summed E-state index contributed by atoms with van der Waals surface area (Å²) in [6.45, 7) is 3.99. The molecule has 0 aliphatic heterocycles. The number of aromatic nitrogens is 1. The molecule has 1 heterocycles. The fraction of sp³-hybridized carbons (Fsp3) is 0.154. The second-order valence-corrected chi connectivity index (χ2v) is 4.89. The smallest absolute Gasteiger partial charge is 0.153 e. The molecular weight excluding hydrogens is 278 g/mol. The molecule has 3 nitrogen and oxygen atoms in total. The van der Waals surface area contributed by atoms with E-state index in [-0.39, 0.29) is 0 Å². The molecule has 0 radical (unpaired) electrons. The Morgan fingerprint density at radius 3 is 2.71 bits per heavy atom.